The second-order valence-corrected chi connectivity index (χ2v) is 12.3. The zero-order valence-electron chi connectivity index (χ0n) is 26.1. The number of benzene rings is 2. The van der Waals surface area contributed by atoms with Crippen molar-refractivity contribution in [3.8, 4) is 6.01 Å². The summed E-state index contributed by atoms with van der Waals surface area (Å²) in [6.07, 6.45) is -1.25. The van der Waals surface area contributed by atoms with E-state index in [1.807, 2.05) is 4.90 Å². The van der Waals surface area contributed by atoms with Gasteiger partial charge in [0.05, 0.1) is 12.2 Å². The van der Waals surface area contributed by atoms with Crippen molar-refractivity contribution in [3.63, 3.8) is 0 Å². The third-order valence-electron chi connectivity index (χ3n) is 9.31. The number of rotatable bonds is 7. The maximum absolute atomic E-state index is 12.8. The molecule has 3 aliphatic rings. The van der Waals surface area contributed by atoms with Gasteiger partial charge in [-0.2, -0.15) is 23.1 Å². The Morgan fingerprint density at radius 2 is 1.89 bits per heavy atom. The normalized spacial score (nSPS) is 20.7. The first-order chi connectivity index (χ1) is 22.1. The van der Waals surface area contributed by atoms with Gasteiger partial charge in [0.2, 0.25) is 12.5 Å². The highest BCUT2D eigenvalue weighted by Gasteiger charge is 2.36. The van der Waals surface area contributed by atoms with E-state index in [2.05, 4.69) is 65.0 Å². The van der Waals surface area contributed by atoms with Gasteiger partial charge in [-0.05, 0) is 56.8 Å². The highest BCUT2D eigenvalue weighted by Crippen LogP contribution is 2.36. The van der Waals surface area contributed by atoms with Gasteiger partial charge in [0.15, 0.2) is 0 Å². The molecule has 2 aromatic carbocycles. The fourth-order valence-electron chi connectivity index (χ4n) is 6.91. The number of amides is 1. The first-order valence-corrected chi connectivity index (χ1v) is 15.7. The number of anilines is 2. The molecule has 0 unspecified atom stereocenters. The maximum Gasteiger partial charge on any atom is 0.409 e. The van der Waals surface area contributed by atoms with E-state index < -0.39 is 18.1 Å². The van der Waals surface area contributed by atoms with Gasteiger partial charge >= 0.3 is 12.2 Å². The molecule has 1 aromatic heterocycles. The average molecular weight is 634 g/mol. The number of likely N-dealkylation sites (N-methyl/N-ethyl adjacent to an activating group) is 1. The van der Waals surface area contributed by atoms with Crippen LogP contribution in [0.15, 0.2) is 48.6 Å². The Hall–Kier alpha value is -4.37. The van der Waals surface area contributed by atoms with E-state index >= 15 is 0 Å². The number of carbonyl (C=O) groups is 1. The summed E-state index contributed by atoms with van der Waals surface area (Å²) >= 11 is 0. The molecule has 0 bridgehead atoms. The second-order valence-electron chi connectivity index (χ2n) is 12.3. The minimum Gasteiger partial charge on any atom is -0.462 e. The molecule has 0 spiro atoms. The summed E-state index contributed by atoms with van der Waals surface area (Å²) in [7, 11) is 2.09. The number of alkyl halides is 3. The predicted molar refractivity (Wildman–Crippen MR) is 171 cm³/mol. The van der Waals surface area contributed by atoms with Crippen LogP contribution in [0.2, 0.25) is 0 Å². The Morgan fingerprint density at radius 1 is 1.09 bits per heavy atom. The number of hydrogen-bond acceptors (Lipinski definition) is 7. The number of piperazine rings is 1. The van der Waals surface area contributed by atoms with E-state index in [0.29, 0.717) is 44.0 Å². The third-order valence-corrected chi connectivity index (χ3v) is 9.31. The van der Waals surface area contributed by atoms with Crippen molar-refractivity contribution in [3.05, 3.63) is 76.8 Å². The minimum absolute atomic E-state index is 0.0268. The molecule has 12 heteroatoms. The lowest BCUT2D eigenvalue weighted by molar-refractivity contribution is -0.129. The second kappa shape index (κ2) is 13.2. The molecule has 0 radical (unpaired) electrons. The SMILES string of the molecule is [C-]#[N+]C[C@H]1CN(c2nc(OC[C@@H]3CCCN3C)nc3c2CCN(c2cccc4cccc(C)c24)C3)CCN1C(=O)/C=C/C(F)(F)F. The molecule has 3 aliphatic heterocycles. The highest BCUT2D eigenvalue weighted by atomic mass is 19.4. The van der Waals surface area contributed by atoms with Crippen LogP contribution in [0.4, 0.5) is 24.7 Å². The summed E-state index contributed by atoms with van der Waals surface area (Å²) in [6, 6.07) is 12.6. The predicted octanol–water partition coefficient (Wildman–Crippen LogP) is 5.03. The van der Waals surface area contributed by atoms with Crippen LogP contribution >= 0.6 is 0 Å². The number of ether oxygens (including phenoxy) is 1. The van der Waals surface area contributed by atoms with E-state index in [9.17, 15) is 18.0 Å². The zero-order chi connectivity index (χ0) is 32.4. The lowest BCUT2D eigenvalue weighted by atomic mass is 9.99. The number of hydrogen-bond donors (Lipinski definition) is 0. The smallest absolute Gasteiger partial charge is 0.409 e. The Balaban J connectivity index is 1.31. The van der Waals surface area contributed by atoms with Crippen LogP contribution in [-0.4, -0.2) is 96.9 Å². The van der Waals surface area contributed by atoms with Crippen molar-refractivity contribution in [2.24, 2.45) is 0 Å². The zero-order valence-corrected chi connectivity index (χ0v) is 26.1. The minimum atomic E-state index is -4.59. The van der Waals surface area contributed by atoms with Gasteiger partial charge in [0, 0.05) is 61.0 Å². The first-order valence-electron chi connectivity index (χ1n) is 15.7. The Bertz CT molecular complexity index is 1670. The lowest BCUT2D eigenvalue weighted by Gasteiger charge is -2.41. The standard InChI is InChI=1S/C34H38F3N7O2/c1-23-7-4-8-24-9-5-11-29(31(23)24)42-16-13-27-28(21-42)39-33(46-22-25-10-6-15-41(25)3)40-32(27)43-17-18-44(26(20-43)19-38-2)30(45)12-14-34(35,36)37/h4-5,7-9,11-12,14,25-26H,6,10,13,15-22H2,1,3H3/b14-12+/t25-,26-/m0/s1. The number of fused-ring (bicyclic) bond motifs is 2. The van der Waals surface area contributed by atoms with Crippen LogP contribution in [-0.2, 0) is 17.8 Å². The molecule has 9 nitrogen and oxygen atoms in total. The van der Waals surface area contributed by atoms with Crippen molar-refractivity contribution < 1.29 is 22.7 Å². The molecule has 46 heavy (non-hydrogen) atoms. The molecule has 0 aliphatic carbocycles. The van der Waals surface area contributed by atoms with Crippen molar-refractivity contribution in [1.82, 2.24) is 19.8 Å². The monoisotopic (exact) mass is 633 g/mol. The van der Waals surface area contributed by atoms with Crippen LogP contribution in [0.25, 0.3) is 15.6 Å². The molecule has 6 rings (SSSR count). The van der Waals surface area contributed by atoms with Crippen molar-refractivity contribution in [2.45, 2.75) is 51.0 Å². The van der Waals surface area contributed by atoms with Crippen molar-refractivity contribution in [2.75, 3.05) is 62.7 Å². The summed E-state index contributed by atoms with van der Waals surface area (Å²) in [5.74, 6) is -0.0393. The first kappa shape index (κ1) is 31.6. The topological polar surface area (TPSA) is 69.4 Å². The Morgan fingerprint density at radius 3 is 2.63 bits per heavy atom. The molecule has 0 saturated carbocycles. The van der Waals surface area contributed by atoms with Crippen molar-refractivity contribution >= 4 is 28.2 Å². The van der Waals surface area contributed by atoms with Gasteiger partial charge in [0.25, 0.3) is 0 Å². The van der Waals surface area contributed by atoms with Gasteiger partial charge in [-0.3, -0.25) is 4.79 Å². The van der Waals surface area contributed by atoms with Gasteiger partial charge in [-0.1, -0.05) is 30.3 Å². The van der Waals surface area contributed by atoms with Crippen LogP contribution in [0.5, 0.6) is 6.01 Å². The van der Waals surface area contributed by atoms with E-state index in [4.69, 9.17) is 21.3 Å². The van der Waals surface area contributed by atoms with E-state index in [1.54, 1.807) is 0 Å². The van der Waals surface area contributed by atoms with Crippen LogP contribution in [0.1, 0.15) is 29.7 Å². The summed E-state index contributed by atoms with van der Waals surface area (Å²) in [6.45, 7) is 13.2. The molecule has 0 N–H and O–H groups in total. The van der Waals surface area contributed by atoms with Gasteiger partial charge < -0.3 is 29.2 Å². The number of nitrogens with zero attached hydrogens (tertiary/aromatic N) is 7. The van der Waals surface area contributed by atoms with Gasteiger partial charge in [0.1, 0.15) is 18.5 Å². The van der Waals surface area contributed by atoms with E-state index in [1.165, 1.54) is 21.2 Å². The molecule has 3 aromatic rings. The summed E-state index contributed by atoms with van der Waals surface area (Å²) in [4.78, 5) is 34.1. The van der Waals surface area contributed by atoms with Crippen LogP contribution in [0.3, 0.4) is 0 Å². The highest BCUT2D eigenvalue weighted by molar-refractivity contribution is 5.97. The number of aromatic nitrogens is 2. The summed E-state index contributed by atoms with van der Waals surface area (Å²) in [5, 5.41) is 2.39. The van der Waals surface area contributed by atoms with Crippen molar-refractivity contribution in [1.29, 1.82) is 0 Å². The largest absolute Gasteiger partial charge is 0.462 e. The molecule has 2 saturated heterocycles. The van der Waals surface area contributed by atoms with Gasteiger partial charge in [-0.25, -0.2) is 6.57 Å². The van der Waals surface area contributed by atoms with E-state index in [-0.39, 0.29) is 31.8 Å². The molecule has 2 fully saturated rings. The molecular weight excluding hydrogens is 595 g/mol. The fourth-order valence-corrected chi connectivity index (χ4v) is 6.91. The molecular formula is C34H38F3N7O2. The Labute approximate surface area is 267 Å². The molecule has 1 amide bonds. The molecule has 2 atom stereocenters. The summed E-state index contributed by atoms with van der Waals surface area (Å²) in [5.41, 5.74) is 4.21. The van der Waals surface area contributed by atoms with E-state index in [0.717, 1.165) is 42.9 Å². The quantitative estimate of drug-likeness (QED) is 0.267. The number of halogens is 3. The maximum atomic E-state index is 12.8. The number of allylic oxidation sites excluding steroid dienone is 1. The summed E-state index contributed by atoms with van der Waals surface area (Å²) < 4.78 is 44.6. The number of likely N-dealkylation sites (tertiary alicyclic amines) is 1. The van der Waals surface area contributed by atoms with Crippen LogP contribution in [0, 0.1) is 13.5 Å². The average Bonchev–Trinajstić information content (AvgIpc) is 3.46. The molecule has 4 heterocycles. The lowest BCUT2D eigenvalue weighted by Crippen LogP contribution is -2.56. The van der Waals surface area contributed by atoms with Crippen LogP contribution < -0.4 is 14.5 Å². The van der Waals surface area contributed by atoms with Gasteiger partial charge in [-0.15, -0.1) is 0 Å². The fraction of sp³-hybridized carbons (Fsp3) is 0.471. The number of aryl methyl sites for hydroxylation is 1. The third kappa shape index (κ3) is 6.75. The molecule has 242 valence electrons. The number of carbonyl (C=O) groups excluding carboxylic acids is 1. The Kier molecular flexibility index (Phi) is 9.04.